The number of hydrogen-bond acceptors (Lipinski definition) is 3. The molecule has 19 heavy (non-hydrogen) atoms. The first-order valence-corrected chi connectivity index (χ1v) is 6.79. The first-order valence-electron chi connectivity index (χ1n) is 6.79. The Labute approximate surface area is 119 Å². The molecule has 3 rings (SSSR count). The number of amides is 3. The molecule has 3 aliphatic rings. The summed E-state index contributed by atoms with van der Waals surface area (Å²) in [5.41, 5.74) is 0. The van der Waals surface area contributed by atoms with E-state index < -0.39 is 0 Å². The fourth-order valence-electron chi connectivity index (χ4n) is 3.13. The molecular formula is C12H21ClN4O2. The molecule has 0 aliphatic carbocycles. The number of carbonyl (C=O) groups is 2. The van der Waals surface area contributed by atoms with Gasteiger partial charge in [0, 0.05) is 32.7 Å². The van der Waals surface area contributed by atoms with Crippen molar-refractivity contribution in [3.63, 3.8) is 0 Å². The van der Waals surface area contributed by atoms with Crippen molar-refractivity contribution in [3.05, 3.63) is 0 Å². The standard InChI is InChI=1S/C12H20N4O2.ClH/c17-11(9-2-1-3-13-6-9)15-4-5-16-10(8-15)7-14-12(16)18;/h9-10,13H,1-8H2,(H,14,18);1H/t9-,10?;/m1./s1. The maximum Gasteiger partial charge on any atom is 0.317 e. The zero-order valence-electron chi connectivity index (χ0n) is 10.9. The SMILES string of the molecule is Cl.O=C([C@@H]1CCCNC1)N1CCN2C(=O)NCC2C1. The molecule has 2 atom stereocenters. The summed E-state index contributed by atoms with van der Waals surface area (Å²) >= 11 is 0. The fraction of sp³-hybridized carbons (Fsp3) is 0.833. The van der Waals surface area contributed by atoms with Gasteiger partial charge in [-0.1, -0.05) is 0 Å². The first-order chi connectivity index (χ1) is 8.75. The third kappa shape index (κ3) is 2.79. The lowest BCUT2D eigenvalue weighted by Crippen LogP contribution is -2.56. The minimum atomic E-state index is 0. The number of piperazine rings is 1. The van der Waals surface area contributed by atoms with Crippen LogP contribution in [0.25, 0.3) is 0 Å². The number of nitrogens with zero attached hydrogens (tertiary/aromatic N) is 2. The summed E-state index contributed by atoms with van der Waals surface area (Å²) in [4.78, 5) is 27.7. The van der Waals surface area contributed by atoms with Gasteiger partial charge in [0.15, 0.2) is 0 Å². The van der Waals surface area contributed by atoms with Gasteiger partial charge >= 0.3 is 6.03 Å². The summed E-state index contributed by atoms with van der Waals surface area (Å²) in [5.74, 6) is 0.400. The van der Waals surface area contributed by atoms with Crippen LogP contribution >= 0.6 is 12.4 Å². The molecule has 0 bridgehead atoms. The van der Waals surface area contributed by atoms with Gasteiger partial charge in [-0.15, -0.1) is 12.4 Å². The smallest absolute Gasteiger partial charge is 0.317 e. The van der Waals surface area contributed by atoms with Gasteiger partial charge in [-0.05, 0) is 19.4 Å². The van der Waals surface area contributed by atoms with E-state index in [9.17, 15) is 9.59 Å². The highest BCUT2D eigenvalue weighted by molar-refractivity contribution is 5.85. The van der Waals surface area contributed by atoms with E-state index in [1.807, 2.05) is 9.80 Å². The number of fused-ring (bicyclic) bond motifs is 1. The van der Waals surface area contributed by atoms with E-state index in [0.717, 1.165) is 25.9 Å². The Kier molecular flexibility index (Phi) is 4.52. The van der Waals surface area contributed by atoms with Gasteiger partial charge in [-0.3, -0.25) is 4.79 Å². The lowest BCUT2D eigenvalue weighted by atomic mass is 9.97. The van der Waals surface area contributed by atoms with E-state index in [2.05, 4.69) is 10.6 Å². The molecule has 108 valence electrons. The largest absolute Gasteiger partial charge is 0.339 e. The molecule has 3 saturated heterocycles. The number of piperidine rings is 1. The van der Waals surface area contributed by atoms with E-state index >= 15 is 0 Å². The summed E-state index contributed by atoms with van der Waals surface area (Å²) in [6.07, 6.45) is 2.08. The van der Waals surface area contributed by atoms with Crippen LogP contribution in [0.1, 0.15) is 12.8 Å². The Balaban J connectivity index is 0.00000133. The molecule has 0 aromatic carbocycles. The van der Waals surface area contributed by atoms with Crippen LogP contribution in [0.15, 0.2) is 0 Å². The summed E-state index contributed by atoms with van der Waals surface area (Å²) < 4.78 is 0. The van der Waals surface area contributed by atoms with Crippen molar-refractivity contribution in [2.45, 2.75) is 18.9 Å². The Morgan fingerprint density at radius 1 is 1.26 bits per heavy atom. The van der Waals surface area contributed by atoms with Gasteiger partial charge in [0.05, 0.1) is 12.0 Å². The van der Waals surface area contributed by atoms with Gasteiger partial charge in [-0.25, -0.2) is 4.79 Å². The maximum atomic E-state index is 12.4. The van der Waals surface area contributed by atoms with Crippen molar-refractivity contribution in [3.8, 4) is 0 Å². The van der Waals surface area contributed by atoms with Crippen LogP contribution in [-0.4, -0.2) is 67.0 Å². The zero-order valence-corrected chi connectivity index (χ0v) is 11.7. The van der Waals surface area contributed by atoms with Crippen molar-refractivity contribution in [1.29, 1.82) is 0 Å². The van der Waals surface area contributed by atoms with Crippen LogP contribution < -0.4 is 10.6 Å². The summed E-state index contributed by atoms with van der Waals surface area (Å²) in [6, 6.07) is 0.193. The lowest BCUT2D eigenvalue weighted by Gasteiger charge is -2.38. The van der Waals surface area contributed by atoms with Crippen molar-refractivity contribution >= 4 is 24.3 Å². The normalized spacial score (nSPS) is 30.4. The Morgan fingerprint density at radius 2 is 2.11 bits per heavy atom. The molecule has 2 N–H and O–H groups in total. The molecule has 0 aromatic heterocycles. The molecule has 0 aromatic rings. The third-order valence-corrected chi connectivity index (χ3v) is 4.19. The maximum absolute atomic E-state index is 12.4. The number of urea groups is 1. The molecule has 0 radical (unpaired) electrons. The van der Waals surface area contributed by atoms with Crippen molar-refractivity contribution < 1.29 is 9.59 Å². The molecule has 3 heterocycles. The van der Waals surface area contributed by atoms with Crippen LogP contribution in [0, 0.1) is 5.92 Å². The Morgan fingerprint density at radius 3 is 2.84 bits per heavy atom. The molecule has 7 heteroatoms. The summed E-state index contributed by atoms with van der Waals surface area (Å²) in [5, 5.41) is 6.12. The van der Waals surface area contributed by atoms with Crippen LogP contribution in [0.3, 0.4) is 0 Å². The minimum Gasteiger partial charge on any atom is -0.339 e. The first kappa shape index (κ1) is 14.4. The predicted molar refractivity (Wildman–Crippen MR) is 73.3 cm³/mol. The molecule has 3 amide bonds. The molecule has 6 nitrogen and oxygen atoms in total. The summed E-state index contributed by atoms with van der Waals surface area (Å²) in [7, 11) is 0. The lowest BCUT2D eigenvalue weighted by molar-refractivity contribution is -0.138. The predicted octanol–water partition coefficient (Wildman–Crippen LogP) is -0.356. The molecular weight excluding hydrogens is 268 g/mol. The molecule has 3 fully saturated rings. The van der Waals surface area contributed by atoms with Crippen LogP contribution in [0.5, 0.6) is 0 Å². The average Bonchev–Trinajstić information content (AvgIpc) is 2.80. The van der Waals surface area contributed by atoms with E-state index in [4.69, 9.17) is 0 Å². The fourth-order valence-corrected chi connectivity index (χ4v) is 3.13. The molecule has 3 aliphatic heterocycles. The zero-order chi connectivity index (χ0) is 12.5. The number of nitrogens with one attached hydrogen (secondary N) is 2. The Hall–Kier alpha value is -1.01. The highest BCUT2D eigenvalue weighted by Crippen LogP contribution is 2.19. The van der Waals surface area contributed by atoms with Crippen molar-refractivity contribution in [2.24, 2.45) is 5.92 Å². The van der Waals surface area contributed by atoms with E-state index in [1.165, 1.54) is 0 Å². The van der Waals surface area contributed by atoms with Crippen molar-refractivity contribution in [2.75, 3.05) is 39.3 Å². The number of hydrogen-bond donors (Lipinski definition) is 2. The van der Waals surface area contributed by atoms with Gasteiger partial charge < -0.3 is 20.4 Å². The van der Waals surface area contributed by atoms with E-state index in [0.29, 0.717) is 26.2 Å². The second-order valence-electron chi connectivity index (χ2n) is 5.36. The monoisotopic (exact) mass is 288 g/mol. The second-order valence-corrected chi connectivity index (χ2v) is 5.36. The Bertz CT molecular complexity index is 360. The minimum absolute atomic E-state index is 0. The second kappa shape index (κ2) is 5.96. The van der Waals surface area contributed by atoms with Gasteiger partial charge in [0.1, 0.15) is 0 Å². The van der Waals surface area contributed by atoms with E-state index in [-0.39, 0.29) is 36.3 Å². The van der Waals surface area contributed by atoms with E-state index in [1.54, 1.807) is 0 Å². The number of carbonyl (C=O) groups excluding carboxylic acids is 2. The third-order valence-electron chi connectivity index (χ3n) is 4.19. The molecule has 1 unspecified atom stereocenters. The quantitative estimate of drug-likeness (QED) is 0.693. The van der Waals surface area contributed by atoms with Crippen LogP contribution in [0.2, 0.25) is 0 Å². The average molecular weight is 289 g/mol. The van der Waals surface area contributed by atoms with Gasteiger partial charge in [-0.2, -0.15) is 0 Å². The van der Waals surface area contributed by atoms with Crippen LogP contribution in [0.4, 0.5) is 4.79 Å². The summed E-state index contributed by atoms with van der Waals surface area (Å²) in [6.45, 7) is 4.54. The topological polar surface area (TPSA) is 64.7 Å². The number of halogens is 1. The number of rotatable bonds is 1. The van der Waals surface area contributed by atoms with Crippen molar-refractivity contribution in [1.82, 2.24) is 20.4 Å². The highest BCUT2D eigenvalue weighted by atomic mass is 35.5. The highest BCUT2D eigenvalue weighted by Gasteiger charge is 2.38. The molecule has 0 saturated carbocycles. The van der Waals surface area contributed by atoms with Gasteiger partial charge in [0.2, 0.25) is 5.91 Å². The molecule has 0 spiro atoms. The van der Waals surface area contributed by atoms with Gasteiger partial charge in [0.25, 0.3) is 0 Å². The van der Waals surface area contributed by atoms with Crippen LogP contribution in [-0.2, 0) is 4.79 Å².